The Bertz CT molecular complexity index is 497. The van der Waals surface area contributed by atoms with Crippen LogP contribution in [0, 0.1) is 11.8 Å². The molecule has 0 saturated heterocycles. The molecular formula is C22H36O5. The number of aliphatic carboxylic acids is 1. The number of rotatable bonds is 14. The average molecular weight is 381 g/mol. The monoisotopic (exact) mass is 380 g/mol. The van der Waals surface area contributed by atoms with E-state index < -0.39 is 12.1 Å². The number of carbonyl (C=O) groups excluding carboxylic acids is 1. The van der Waals surface area contributed by atoms with E-state index in [0.717, 1.165) is 19.3 Å². The number of hydrogen-bond acceptors (Lipinski definition) is 4. The minimum Gasteiger partial charge on any atom is -0.481 e. The minimum atomic E-state index is -0.782. The second-order valence-corrected chi connectivity index (χ2v) is 7.42. The number of aliphatic hydroxyl groups is 1. The number of Topliss-reactive ketones (excluding diaryl/α,β-unsaturated/α-hetero) is 1. The first-order chi connectivity index (χ1) is 13.0. The number of carbonyl (C=O) groups is 2. The molecule has 1 rings (SSSR count). The summed E-state index contributed by atoms with van der Waals surface area (Å²) in [6.45, 7) is 2.17. The van der Waals surface area contributed by atoms with Crippen molar-refractivity contribution in [1.29, 1.82) is 0 Å². The predicted octanol–water partition coefficient (Wildman–Crippen LogP) is 4.30. The van der Waals surface area contributed by atoms with Crippen LogP contribution in [0.2, 0.25) is 0 Å². The highest BCUT2D eigenvalue weighted by atomic mass is 16.5. The summed E-state index contributed by atoms with van der Waals surface area (Å²) < 4.78 is 5.50. The Balaban J connectivity index is 2.53. The van der Waals surface area contributed by atoms with E-state index in [9.17, 15) is 14.7 Å². The molecule has 0 aromatic heterocycles. The van der Waals surface area contributed by atoms with Crippen molar-refractivity contribution in [2.45, 2.75) is 83.3 Å². The minimum absolute atomic E-state index is 0.0172. The number of unbranched alkanes of at least 4 members (excludes halogenated alkanes) is 4. The molecule has 27 heavy (non-hydrogen) atoms. The van der Waals surface area contributed by atoms with E-state index in [1.54, 1.807) is 7.11 Å². The number of hydrogen-bond donors (Lipinski definition) is 2. The fourth-order valence-electron chi connectivity index (χ4n) is 3.61. The summed E-state index contributed by atoms with van der Waals surface area (Å²) in [6.07, 6.45) is 14.9. The zero-order chi connectivity index (χ0) is 20.1. The Morgan fingerprint density at radius 3 is 2.70 bits per heavy atom. The van der Waals surface area contributed by atoms with Crippen LogP contribution < -0.4 is 0 Å². The first-order valence-electron chi connectivity index (χ1n) is 10.3. The van der Waals surface area contributed by atoms with Gasteiger partial charge in [-0.1, -0.05) is 56.9 Å². The molecule has 154 valence electrons. The van der Waals surface area contributed by atoms with E-state index in [-0.39, 0.29) is 30.1 Å². The molecule has 0 aliphatic heterocycles. The van der Waals surface area contributed by atoms with Crippen molar-refractivity contribution in [3.63, 3.8) is 0 Å². The Labute approximate surface area is 163 Å². The van der Waals surface area contributed by atoms with Crippen molar-refractivity contribution >= 4 is 11.8 Å². The number of carboxylic acids is 1. The Morgan fingerprint density at radius 2 is 2.04 bits per heavy atom. The van der Waals surface area contributed by atoms with Crippen LogP contribution >= 0.6 is 0 Å². The third-order valence-electron chi connectivity index (χ3n) is 5.24. The number of carboxylic acid groups (broad SMARTS) is 1. The molecule has 2 N–H and O–H groups in total. The van der Waals surface area contributed by atoms with Gasteiger partial charge in [-0.15, -0.1) is 0 Å². The van der Waals surface area contributed by atoms with Crippen LogP contribution in [0.1, 0.15) is 71.1 Å². The lowest BCUT2D eigenvalue weighted by atomic mass is 9.90. The Hall–Kier alpha value is -1.46. The van der Waals surface area contributed by atoms with Crippen LogP contribution in [0.5, 0.6) is 0 Å². The van der Waals surface area contributed by atoms with E-state index in [1.165, 1.54) is 12.8 Å². The Morgan fingerprint density at radius 1 is 1.26 bits per heavy atom. The van der Waals surface area contributed by atoms with Crippen LogP contribution in [0.15, 0.2) is 24.3 Å². The summed E-state index contributed by atoms with van der Waals surface area (Å²) in [5, 5.41) is 18.8. The second-order valence-electron chi connectivity index (χ2n) is 7.42. The fraction of sp³-hybridized carbons (Fsp3) is 0.727. The molecule has 0 aromatic carbocycles. The van der Waals surface area contributed by atoms with Gasteiger partial charge < -0.3 is 14.9 Å². The SMILES string of the molecule is CCCCCC[C@H](O)/C=C/[C@H]1[C@H](OC)CC(=O)[C@@H]1C/C=C\CCCC(=O)O. The van der Waals surface area contributed by atoms with Gasteiger partial charge in [-0.25, -0.2) is 0 Å². The van der Waals surface area contributed by atoms with Crippen LogP contribution in [-0.4, -0.2) is 41.3 Å². The predicted molar refractivity (Wildman–Crippen MR) is 107 cm³/mol. The summed E-state index contributed by atoms with van der Waals surface area (Å²) in [6, 6.07) is 0. The van der Waals surface area contributed by atoms with Crippen LogP contribution in [0.4, 0.5) is 0 Å². The standard InChI is InChI=1S/C22H36O5/c1-3-4-5-8-11-17(23)14-15-19-18(20(24)16-21(19)27-2)12-9-6-7-10-13-22(25)26/h6,9,14-15,17-19,21,23H,3-5,7-8,10-13,16H2,1-2H3,(H,25,26)/b9-6-,15-14+/t17-,18+,19+,21+/m0/s1. The molecule has 1 saturated carbocycles. The molecule has 0 amide bonds. The molecule has 0 aromatic rings. The molecule has 0 bridgehead atoms. The van der Waals surface area contributed by atoms with Crippen LogP contribution in [-0.2, 0) is 14.3 Å². The molecule has 1 aliphatic carbocycles. The van der Waals surface area contributed by atoms with Gasteiger partial charge in [0.2, 0.25) is 0 Å². The molecule has 0 unspecified atom stereocenters. The van der Waals surface area contributed by atoms with E-state index in [0.29, 0.717) is 25.7 Å². The van der Waals surface area contributed by atoms with Gasteiger partial charge in [0.15, 0.2) is 0 Å². The van der Waals surface area contributed by atoms with Crippen molar-refractivity contribution in [2.24, 2.45) is 11.8 Å². The maximum Gasteiger partial charge on any atom is 0.303 e. The molecule has 0 spiro atoms. The number of ketones is 1. The molecule has 1 fully saturated rings. The van der Waals surface area contributed by atoms with Gasteiger partial charge >= 0.3 is 5.97 Å². The van der Waals surface area contributed by atoms with Crippen molar-refractivity contribution in [1.82, 2.24) is 0 Å². The smallest absolute Gasteiger partial charge is 0.303 e. The lowest BCUT2D eigenvalue weighted by Crippen LogP contribution is -2.20. The van der Waals surface area contributed by atoms with Crippen molar-refractivity contribution < 1.29 is 24.5 Å². The number of ether oxygens (including phenoxy) is 1. The maximum absolute atomic E-state index is 12.4. The van der Waals surface area contributed by atoms with E-state index in [2.05, 4.69) is 6.92 Å². The second kappa shape index (κ2) is 13.7. The Kier molecular flexibility index (Phi) is 11.9. The lowest BCUT2D eigenvalue weighted by molar-refractivity contribution is -0.137. The van der Waals surface area contributed by atoms with Crippen molar-refractivity contribution in [3.05, 3.63) is 24.3 Å². The number of aliphatic hydroxyl groups excluding tert-OH is 1. The summed E-state index contributed by atoms with van der Waals surface area (Å²) in [5.74, 6) is -0.731. The fourth-order valence-corrected chi connectivity index (χ4v) is 3.61. The summed E-state index contributed by atoms with van der Waals surface area (Å²) >= 11 is 0. The highest BCUT2D eigenvalue weighted by Crippen LogP contribution is 2.35. The van der Waals surface area contributed by atoms with Gasteiger partial charge in [-0.3, -0.25) is 9.59 Å². The van der Waals surface area contributed by atoms with Crippen LogP contribution in [0.3, 0.4) is 0 Å². The highest BCUT2D eigenvalue weighted by molar-refractivity contribution is 5.84. The molecule has 5 nitrogen and oxygen atoms in total. The molecular weight excluding hydrogens is 344 g/mol. The maximum atomic E-state index is 12.4. The third-order valence-corrected chi connectivity index (χ3v) is 5.24. The molecule has 4 atom stereocenters. The summed E-state index contributed by atoms with van der Waals surface area (Å²) in [4.78, 5) is 22.9. The quantitative estimate of drug-likeness (QED) is 0.347. The van der Waals surface area contributed by atoms with Gasteiger partial charge in [0.25, 0.3) is 0 Å². The zero-order valence-corrected chi connectivity index (χ0v) is 16.8. The first-order valence-corrected chi connectivity index (χ1v) is 10.3. The lowest BCUT2D eigenvalue weighted by Gasteiger charge is -2.19. The zero-order valence-electron chi connectivity index (χ0n) is 16.8. The first kappa shape index (κ1) is 23.6. The number of methoxy groups -OCH3 is 1. The molecule has 0 heterocycles. The van der Waals surface area contributed by atoms with Gasteiger partial charge in [-0.2, -0.15) is 0 Å². The average Bonchev–Trinajstić information content (AvgIpc) is 2.94. The molecule has 1 aliphatic rings. The van der Waals surface area contributed by atoms with Gasteiger partial charge in [-0.05, 0) is 25.7 Å². The third kappa shape index (κ3) is 9.34. The largest absolute Gasteiger partial charge is 0.481 e. The topological polar surface area (TPSA) is 83.8 Å². The number of allylic oxidation sites excluding steroid dienone is 2. The normalized spacial score (nSPS) is 24.3. The van der Waals surface area contributed by atoms with E-state index in [4.69, 9.17) is 9.84 Å². The van der Waals surface area contributed by atoms with Crippen molar-refractivity contribution in [2.75, 3.05) is 7.11 Å². The molecule has 5 heteroatoms. The van der Waals surface area contributed by atoms with Crippen LogP contribution in [0.25, 0.3) is 0 Å². The molecule has 0 radical (unpaired) electrons. The van der Waals surface area contributed by atoms with Gasteiger partial charge in [0.05, 0.1) is 12.2 Å². The highest BCUT2D eigenvalue weighted by Gasteiger charge is 2.40. The van der Waals surface area contributed by atoms with E-state index in [1.807, 2.05) is 24.3 Å². The van der Waals surface area contributed by atoms with Gasteiger partial charge in [0, 0.05) is 31.8 Å². The van der Waals surface area contributed by atoms with Crippen molar-refractivity contribution in [3.8, 4) is 0 Å². The summed E-state index contributed by atoms with van der Waals surface area (Å²) in [5.41, 5.74) is 0. The van der Waals surface area contributed by atoms with Gasteiger partial charge in [0.1, 0.15) is 5.78 Å². The summed E-state index contributed by atoms with van der Waals surface area (Å²) in [7, 11) is 1.63. The van der Waals surface area contributed by atoms with E-state index >= 15 is 0 Å².